The first-order valence-electron chi connectivity index (χ1n) is 5.41. The van der Waals surface area contributed by atoms with Gasteiger partial charge in [-0.05, 0) is 19.5 Å². The first kappa shape index (κ1) is 12.3. The largest absolute Gasteiger partial charge is 0.356 e. The molecule has 0 amide bonds. The van der Waals surface area contributed by atoms with Gasteiger partial charge in [-0.2, -0.15) is 0 Å². The van der Waals surface area contributed by atoms with E-state index in [0.717, 1.165) is 25.5 Å². The maximum absolute atomic E-state index is 4.08. The minimum Gasteiger partial charge on any atom is -0.356 e. The molecule has 16 heavy (non-hydrogen) atoms. The van der Waals surface area contributed by atoms with Crippen LogP contribution in [0.15, 0.2) is 36.0 Å². The lowest BCUT2D eigenvalue weighted by atomic mass is 10.4. The van der Waals surface area contributed by atoms with E-state index >= 15 is 0 Å². The minimum absolute atomic E-state index is 0.795. The lowest BCUT2D eigenvalue weighted by Crippen LogP contribution is -2.34. The fraction of sp³-hybridized carbons (Fsp3) is 0.455. The number of rotatable bonds is 5. The van der Waals surface area contributed by atoms with Gasteiger partial charge in [-0.25, -0.2) is 4.98 Å². The maximum atomic E-state index is 4.08. The van der Waals surface area contributed by atoms with Crippen molar-refractivity contribution in [1.29, 1.82) is 0 Å². The van der Waals surface area contributed by atoms with Crippen LogP contribution in [0.4, 0.5) is 0 Å². The third kappa shape index (κ3) is 4.63. The van der Waals surface area contributed by atoms with Crippen LogP contribution in [-0.2, 0) is 6.54 Å². The summed E-state index contributed by atoms with van der Waals surface area (Å²) in [6, 6.07) is 0. The molecule has 0 saturated carbocycles. The van der Waals surface area contributed by atoms with Crippen LogP contribution >= 0.6 is 0 Å². The molecule has 0 fully saturated rings. The number of imidazole rings is 1. The lowest BCUT2D eigenvalue weighted by Gasteiger charge is -2.08. The number of nitrogens with zero attached hydrogens (tertiary/aromatic N) is 3. The summed E-state index contributed by atoms with van der Waals surface area (Å²) in [6.45, 7) is 3.81. The molecule has 88 valence electrons. The summed E-state index contributed by atoms with van der Waals surface area (Å²) in [5, 5.41) is 6.27. The van der Waals surface area contributed by atoms with Gasteiger partial charge in [0.05, 0.1) is 6.33 Å². The van der Waals surface area contributed by atoms with E-state index in [1.54, 1.807) is 13.2 Å². The van der Waals surface area contributed by atoms with Crippen LogP contribution in [-0.4, -0.2) is 29.1 Å². The Kier molecular flexibility index (Phi) is 5.76. The second-order valence-electron chi connectivity index (χ2n) is 3.30. The van der Waals surface area contributed by atoms with Crippen molar-refractivity contribution in [3.63, 3.8) is 0 Å². The van der Waals surface area contributed by atoms with Gasteiger partial charge >= 0.3 is 0 Å². The van der Waals surface area contributed by atoms with Crippen LogP contribution in [0.25, 0.3) is 0 Å². The highest BCUT2D eigenvalue weighted by atomic mass is 15.2. The number of hydrogen-bond donors (Lipinski definition) is 2. The number of hydrogen-bond acceptors (Lipinski definition) is 2. The molecule has 0 atom stereocenters. The van der Waals surface area contributed by atoms with E-state index in [1.165, 1.54) is 0 Å². The Bertz CT molecular complexity index is 326. The molecule has 0 aliphatic rings. The quantitative estimate of drug-likeness (QED) is 0.442. The molecule has 0 spiro atoms. The Balaban J connectivity index is 2.14. The van der Waals surface area contributed by atoms with Gasteiger partial charge < -0.3 is 15.2 Å². The van der Waals surface area contributed by atoms with Gasteiger partial charge in [0.25, 0.3) is 0 Å². The third-order valence-corrected chi connectivity index (χ3v) is 2.06. The van der Waals surface area contributed by atoms with E-state index in [1.807, 2.05) is 31.7 Å². The van der Waals surface area contributed by atoms with Crippen LogP contribution in [0.2, 0.25) is 0 Å². The molecule has 1 rings (SSSR count). The molecular formula is C11H19N5. The van der Waals surface area contributed by atoms with Crippen molar-refractivity contribution >= 4 is 5.96 Å². The van der Waals surface area contributed by atoms with Crippen LogP contribution in [0.1, 0.15) is 13.3 Å². The normalized spacial score (nSPS) is 12.0. The molecule has 2 N–H and O–H groups in total. The molecule has 0 aliphatic carbocycles. The molecule has 0 aliphatic heterocycles. The Hall–Kier alpha value is -1.78. The van der Waals surface area contributed by atoms with Crippen molar-refractivity contribution in [3.05, 3.63) is 31.0 Å². The lowest BCUT2D eigenvalue weighted by molar-refractivity contribution is 0.627. The summed E-state index contributed by atoms with van der Waals surface area (Å²) < 4.78 is 2.06. The highest BCUT2D eigenvalue weighted by Gasteiger charge is 1.94. The average molecular weight is 221 g/mol. The third-order valence-electron chi connectivity index (χ3n) is 2.06. The molecule has 5 heteroatoms. The molecule has 0 unspecified atom stereocenters. The molecule has 1 heterocycles. The van der Waals surface area contributed by atoms with E-state index in [9.17, 15) is 0 Å². The van der Waals surface area contributed by atoms with Crippen LogP contribution in [0.5, 0.6) is 0 Å². The van der Waals surface area contributed by atoms with Crippen LogP contribution in [0.3, 0.4) is 0 Å². The molecule has 0 radical (unpaired) electrons. The molecule has 1 aromatic rings. The summed E-state index contributed by atoms with van der Waals surface area (Å²) in [4.78, 5) is 8.07. The van der Waals surface area contributed by atoms with Gasteiger partial charge in [-0.3, -0.25) is 4.99 Å². The zero-order valence-corrected chi connectivity index (χ0v) is 9.85. The van der Waals surface area contributed by atoms with Crippen molar-refractivity contribution < 1.29 is 0 Å². The van der Waals surface area contributed by atoms with E-state index in [2.05, 4.69) is 25.2 Å². The second kappa shape index (κ2) is 7.50. The van der Waals surface area contributed by atoms with Crippen LogP contribution < -0.4 is 10.6 Å². The molecule has 0 saturated heterocycles. The predicted octanol–water partition coefficient (Wildman–Crippen LogP) is 0.972. The van der Waals surface area contributed by atoms with Crippen molar-refractivity contribution in [2.24, 2.45) is 4.99 Å². The van der Waals surface area contributed by atoms with Gasteiger partial charge in [0, 0.05) is 32.5 Å². The average Bonchev–Trinajstić information content (AvgIpc) is 2.81. The molecule has 5 nitrogen and oxygen atoms in total. The number of allylic oxidation sites excluding steroid dienone is 1. The van der Waals surface area contributed by atoms with Gasteiger partial charge in [0.2, 0.25) is 0 Å². The van der Waals surface area contributed by atoms with Gasteiger partial charge in [-0.15, -0.1) is 0 Å². The molecule has 0 bridgehead atoms. The first-order chi connectivity index (χ1) is 7.86. The SMILES string of the molecule is C/C=C\NC(=NC)NCCCn1ccnc1. The van der Waals surface area contributed by atoms with Crippen molar-refractivity contribution in [1.82, 2.24) is 20.2 Å². The van der Waals surface area contributed by atoms with Crippen molar-refractivity contribution in [2.75, 3.05) is 13.6 Å². The second-order valence-corrected chi connectivity index (χ2v) is 3.30. The monoisotopic (exact) mass is 221 g/mol. The smallest absolute Gasteiger partial charge is 0.195 e. The van der Waals surface area contributed by atoms with Crippen molar-refractivity contribution in [2.45, 2.75) is 19.9 Å². The predicted molar refractivity (Wildman–Crippen MR) is 66.2 cm³/mol. The van der Waals surface area contributed by atoms with E-state index in [0.29, 0.717) is 0 Å². The standard InChI is InChI=1S/C11H19N5/c1-3-5-14-11(12-2)15-6-4-8-16-9-7-13-10-16/h3,5,7,9-10H,4,6,8H2,1-2H3,(H2,12,14,15)/b5-3-. The maximum Gasteiger partial charge on any atom is 0.195 e. The summed E-state index contributed by atoms with van der Waals surface area (Å²) in [6.07, 6.45) is 10.4. The Morgan fingerprint density at radius 1 is 1.56 bits per heavy atom. The summed E-state index contributed by atoms with van der Waals surface area (Å²) in [5.74, 6) is 0.795. The van der Waals surface area contributed by atoms with E-state index in [-0.39, 0.29) is 0 Å². The van der Waals surface area contributed by atoms with Crippen LogP contribution in [0, 0.1) is 0 Å². The van der Waals surface area contributed by atoms with Gasteiger partial charge in [0.15, 0.2) is 5.96 Å². The Morgan fingerprint density at radius 3 is 3.06 bits per heavy atom. The summed E-state index contributed by atoms with van der Waals surface area (Å²) in [7, 11) is 1.76. The number of aliphatic imine (C=N–C) groups is 1. The molecule has 1 aromatic heterocycles. The fourth-order valence-corrected chi connectivity index (χ4v) is 1.24. The van der Waals surface area contributed by atoms with Gasteiger partial charge in [-0.1, -0.05) is 6.08 Å². The number of aryl methyl sites for hydroxylation is 1. The first-order valence-corrected chi connectivity index (χ1v) is 5.41. The Morgan fingerprint density at radius 2 is 2.44 bits per heavy atom. The minimum atomic E-state index is 0.795. The number of aromatic nitrogens is 2. The molecular weight excluding hydrogens is 202 g/mol. The summed E-state index contributed by atoms with van der Waals surface area (Å²) in [5.41, 5.74) is 0. The van der Waals surface area contributed by atoms with E-state index < -0.39 is 0 Å². The number of nitrogens with one attached hydrogen (secondary N) is 2. The van der Waals surface area contributed by atoms with Crippen molar-refractivity contribution in [3.8, 4) is 0 Å². The van der Waals surface area contributed by atoms with Gasteiger partial charge in [0.1, 0.15) is 0 Å². The highest BCUT2D eigenvalue weighted by Crippen LogP contribution is 1.88. The zero-order chi connectivity index (χ0) is 11.6. The zero-order valence-electron chi connectivity index (χ0n) is 9.85. The number of guanidine groups is 1. The summed E-state index contributed by atoms with van der Waals surface area (Å²) >= 11 is 0. The Labute approximate surface area is 96.3 Å². The topological polar surface area (TPSA) is 54.2 Å². The highest BCUT2D eigenvalue weighted by molar-refractivity contribution is 5.80. The molecule has 0 aromatic carbocycles. The fourth-order valence-electron chi connectivity index (χ4n) is 1.24. The van der Waals surface area contributed by atoms with E-state index in [4.69, 9.17) is 0 Å².